The van der Waals surface area contributed by atoms with Crippen LogP contribution in [-0.2, 0) is 12.8 Å². The standard InChI is InChI=1S/C16H21NO/c1-4-6-14-15-10-13(18-3)9-8-12(15)11-17-16(14)7-5-2/h8-11H,4-7H2,1-3H3. The highest BCUT2D eigenvalue weighted by Crippen LogP contribution is 2.26. The molecule has 0 saturated heterocycles. The molecule has 1 aromatic carbocycles. The fourth-order valence-electron chi connectivity index (χ4n) is 2.40. The molecule has 0 saturated carbocycles. The largest absolute Gasteiger partial charge is 0.497 e. The Hall–Kier alpha value is -1.57. The summed E-state index contributed by atoms with van der Waals surface area (Å²) in [6, 6.07) is 6.23. The number of ether oxygens (including phenoxy) is 1. The summed E-state index contributed by atoms with van der Waals surface area (Å²) in [6.45, 7) is 4.42. The predicted octanol–water partition coefficient (Wildman–Crippen LogP) is 4.15. The van der Waals surface area contributed by atoms with E-state index < -0.39 is 0 Å². The van der Waals surface area contributed by atoms with E-state index in [1.54, 1.807) is 7.11 Å². The van der Waals surface area contributed by atoms with Crippen LogP contribution in [0.4, 0.5) is 0 Å². The van der Waals surface area contributed by atoms with Crippen LogP contribution in [0.25, 0.3) is 10.8 Å². The smallest absolute Gasteiger partial charge is 0.119 e. The molecule has 2 rings (SSSR count). The first-order valence-corrected chi connectivity index (χ1v) is 6.74. The molecule has 1 heterocycles. The van der Waals surface area contributed by atoms with E-state index in [9.17, 15) is 0 Å². The average Bonchev–Trinajstić information content (AvgIpc) is 2.41. The topological polar surface area (TPSA) is 22.1 Å². The first-order valence-electron chi connectivity index (χ1n) is 6.74. The number of nitrogens with zero attached hydrogens (tertiary/aromatic N) is 1. The summed E-state index contributed by atoms with van der Waals surface area (Å²) in [5.41, 5.74) is 2.65. The number of benzene rings is 1. The quantitative estimate of drug-likeness (QED) is 0.787. The molecule has 0 bridgehead atoms. The molecule has 0 aliphatic rings. The highest BCUT2D eigenvalue weighted by atomic mass is 16.5. The molecule has 0 atom stereocenters. The maximum absolute atomic E-state index is 5.33. The minimum absolute atomic E-state index is 0.925. The van der Waals surface area contributed by atoms with Gasteiger partial charge in [-0.05, 0) is 42.0 Å². The number of aromatic nitrogens is 1. The van der Waals surface area contributed by atoms with Gasteiger partial charge in [0.2, 0.25) is 0 Å². The van der Waals surface area contributed by atoms with Crippen LogP contribution in [0, 0.1) is 0 Å². The lowest BCUT2D eigenvalue weighted by Gasteiger charge is -2.12. The molecule has 18 heavy (non-hydrogen) atoms. The molecule has 0 fully saturated rings. The lowest BCUT2D eigenvalue weighted by molar-refractivity contribution is 0.415. The molecule has 0 spiro atoms. The number of aryl methyl sites for hydroxylation is 2. The summed E-state index contributed by atoms with van der Waals surface area (Å²) in [5.74, 6) is 0.925. The second kappa shape index (κ2) is 5.85. The molecule has 96 valence electrons. The number of fused-ring (bicyclic) bond motifs is 1. The molecule has 0 amide bonds. The van der Waals surface area contributed by atoms with Crippen LogP contribution < -0.4 is 4.74 Å². The Morgan fingerprint density at radius 1 is 1.11 bits per heavy atom. The SMILES string of the molecule is CCCc1ncc2ccc(OC)cc2c1CCC. The Kier molecular flexibility index (Phi) is 4.19. The summed E-state index contributed by atoms with van der Waals surface area (Å²) < 4.78 is 5.33. The van der Waals surface area contributed by atoms with Crippen LogP contribution in [0.15, 0.2) is 24.4 Å². The zero-order chi connectivity index (χ0) is 13.0. The van der Waals surface area contributed by atoms with Crippen LogP contribution in [0.5, 0.6) is 5.75 Å². The van der Waals surface area contributed by atoms with Gasteiger partial charge in [0.25, 0.3) is 0 Å². The molecular weight excluding hydrogens is 222 g/mol. The van der Waals surface area contributed by atoms with Crippen molar-refractivity contribution < 1.29 is 4.74 Å². The Morgan fingerprint density at radius 3 is 2.56 bits per heavy atom. The number of rotatable bonds is 5. The van der Waals surface area contributed by atoms with E-state index in [1.165, 1.54) is 22.0 Å². The van der Waals surface area contributed by atoms with Crippen molar-refractivity contribution in [2.24, 2.45) is 0 Å². The zero-order valence-electron chi connectivity index (χ0n) is 11.5. The van der Waals surface area contributed by atoms with Gasteiger partial charge in [0.1, 0.15) is 5.75 Å². The van der Waals surface area contributed by atoms with E-state index in [2.05, 4.69) is 31.0 Å². The van der Waals surface area contributed by atoms with Gasteiger partial charge in [-0.25, -0.2) is 0 Å². The predicted molar refractivity (Wildman–Crippen MR) is 76.3 cm³/mol. The third-order valence-electron chi connectivity index (χ3n) is 3.28. The number of hydrogen-bond acceptors (Lipinski definition) is 2. The summed E-state index contributed by atoms with van der Waals surface area (Å²) in [7, 11) is 1.72. The van der Waals surface area contributed by atoms with Crippen molar-refractivity contribution in [3.05, 3.63) is 35.7 Å². The summed E-state index contributed by atoms with van der Waals surface area (Å²) in [5, 5.41) is 2.51. The van der Waals surface area contributed by atoms with Gasteiger partial charge in [0.15, 0.2) is 0 Å². The molecule has 0 aliphatic heterocycles. The number of pyridine rings is 1. The van der Waals surface area contributed by atoms with Gasteiger partial charge in [0.05, 0.1) is 7.11 Å². The Labute approximate surface area is 109 Å². The molecule has 0 N–H and O–H groups in total. The summed E-state index contributed by atoms with van der Waals surface area (Å²) >= 11 is 0. The zero-order valence-corrected chi connectivity index (χ0v) is 11.5. The third kappa shape index (κ3) is 2.47. The Morgan fingerprint density at radius 2 is 1.89 bits per heavy atom. The van der Waals surface area contributed by atoms with Crippen LogP contribution in [0.3, 0.4) is 0 Å². The van der Waals surface area contributed by atoms with Crippen molar-refractivity contribution in [3.8, 4) is 5.75 Å². The van der Waals surface area contributed by atoms with E-state index in [4.69, 9.17) is 4.74 Å². The van der Waals surface area contributed by atoms with Crippen LogP contribution in [0.1, 0.15) is 37.9 Å². The van der Waals surface area contributed by atoms with Crippen molar-refractivity contribution in [3.63, 3.8) is 0 Å². The molecule has 2 heteroatoms. The molecule has 2 nitrogen and oxygen atoms in total. The second-order valence-electron chi connectivity index (χ2n) is 4.64. The molecule has 0 unspecified atom stereocenters. The van der Waals surface area contributed by atoms with Gasteiger partial charge < -0.3 is 4.74 Å². The van der Waals surface area contributed by atoms with Gasteiger partial charge in [-0.1, -0.05) is 26.7 Å². The van der Waals surface area contributed by atoms with Crippen LogP contribution in [-0.4, -0.2) is 12.1 Å². The van der Waals surface area contributed by atoms with E-state index in [0.717, 1.165) is 31.4 Å². The van der Waals surface area contributed by atoms with Crippen molar-refractivity contribution in [1.82, 2.24) is 4.98 Å². The van der Waals surface area contributed by atoms with E-state index in [-0.39, 0.29) is 0 Å². The monoisotopic (exact) mass is 243 g/mol. The van der Waals surface area contributed by atoms with Crippen molar-refractivity contribution in [2.45, 2.75) is 39.5 Å². The molecule has 0 aliphatic carbocycles. The number of methoxy groups -OCH3 is 1. The molecular formula is C16H21NO. The fourth-order valence-corrected chi connectivity index (χ4v) is 2.40. The Balaban J connectivity index is 2.61. The lowest BCUT2D eigenvalue weighted by Crippen LogP contribution is -1.99. The molecule has 2 aromatic rings. The number of hydrogen-bond donors (Lipinski definition) is 0. The van der Waals surface area contributed by atoms with E-state index in [0.29, 0.717) is 0 Å². The van der Waals surface area contributed by atoms with Crippen molar-refractivity contribution in [1.29, 1.82) is 0 Å². The highest BCUT2D eigenvalue weighted by Gasteiger charge is 2.09. The van der Waals surface area contributed by atoms with Crippen LogP contribution in [0.2, 0.25) is 0 Å². The van der Waals surface area contributed by atoms with Crippen molar-refractivity contribution >= 4 is 10.8 Å². The first kappa shape index (κ1) is 12.9. The minimum atomic E-state index is 0.925. The van der Waals surface area contributed by atoms with E-state index >= 15 is 0 Å². The normalized spacial score (nSPS) is 10.8. The second-order valence-corrected chi connectivity index (χ2v) is 4.64. The summed E-state index contributed by atoms with van der Waals surface area (Å²) in [6.07, 6.45) is 6.42. The van der Waals surface area contributed by atoms with E-state index in [1.807, 2.05) is 12.3 Å². The van der Waals surface area contributed by atoms with Gasteiger partial charge in [-0.2, -0.15) is 0 Å². The van der Waals surface area contributed by atoms with Crippen molar-refractivity contribution in [2.75, 3.05) is 7.11 Å². The molecule has 0 radical (unpaired) electrons. The van der Waals surface area contributed by atoms with Gasteiger partial charge in [0, 0.05) is 17.3 Å². The fraction of sp³-hybridized carbons (Fsp3) is 0.438. The maximum Gasteiger partial charge on any atom is 0.119 e. The lowest BCUT2D eigenvalue weighted by atomic mass is 9.98. The minimum Gasteiger partial charge on any atom is -0.497 e. The first-order chi connectivity index (χ1) is 8.80. The summed E-state index contributed by atoms with van der Waals surface area (Å²) in [4.78, 5) is 4.63. The Bertz CT molecular complexity index is 534. The van der Waals surface area contributed by atoms with Gasteiger partial charge in [-0.3, -0.25) is 4.98 Å². The third-order valence-corrected chi connectivity index (χ3v) is 3.28. The molecule has 1 aromatic heterocycles. The van der Waals surface area contributed by atoms with Crippen LogP contribution >= 0.6 is 0 Å². The maximum atomic E-state index is 5.33. The van der Waals surface area contributed by atoms with Gasteiger partial charge in [-0.15, -0.1) is 0 Å². The average molecular weight is 243 g/mol. The van der Waals surface area contributed by atoms with Gasteiger partial charge >= 0.3 is 0 Å². The highest BCUT2D eigenvalue weighted by molar-refractivity contribution is 5.87.